The molecule has 2 aromatic rings. The van der Waals surface area contributed by atoms with Crippen LogP contribution in [0.4, 0.5) is 18.9 Å². The number of hydrogen-bond donors (Lipinski definition) is 1. The Morgan fingerprint density at radius 2 is 2.14 bits per heavy atom. The van der Waals surface area contributed by atoms with E-state index in [-0.39, 0.29) is 5.75 Å². The first-order chi connectivity index (χ1) is 9.85. The monoisotopic (exact) mass is 319 g/mol. The van der Waals surface area contributed by atoms with Gasteiger partial charge in [0.15, 0.2) is 6.61 Å². The normalized spacial score (nSPS) is 11.5. The van der Waals surface area contributed by atoms with Gasteiger partial charge in [-0.3, -0.25) is 0 Å². The number of benzene rings is 1. The van der Waals surface area contributed by atoms with Crippen molar-refractivity contribution in [3.05, 3.63) is 41.4 Å². The number of aryl methyl sites for hydroxylation is 1. The SMILES string of the molecule is Cn1cncc1CNc1ccc(Cl)cc1OCC(F)(F)F. The molecule has 4 nitrogen and oxygen atoms in total. The Balaban J connectivity index is 2.09. The molecule has 0 saturated heterocycles. The molecule has 0 atom stereocenters. The molecule has 0 aliphatic rings. The second kappa shape index (κ2) is 6.26. The molecule has 0 amide bonds. The summed E-state index contributed by atoms with van der Waals surface area (Å²) in [4.78, 5) is 3.96. The van der Waals surface area contributed by atoms with Crippen LogP contribution in [-0.2, 0) is 13.6 Å². The Kier molecular flexibility index (Phi) is 4.62. The molecular formula is C13H13ClF3N3O. The van der Waals surface area contributed by atoms with Gasteiger partial charge in [0.1, 0.15) is 5.75 Å². The molecule has 0 aliphatic carbocycles. The molecule has 2 rings (SSSR count). The van der Waals surface area contributed by atoms with Gasteiger partial charge in [-0.05, 0) is 12.1 Å². The third-order valence-electron chi connectivity index (χ3n) is 2.71. The van der Waals surface area contributed by atoms with Crippen molar-refractivity contribution >= 4 is 17.3 Å². The molecule has 0 fully saturated rings. The van der Waals surface area contributed by atoms with Gasteiger partial charge in [-0.2, -0.15) is 13.2 Å². The first-order valence-corrected chi connectivity index (χ1v) is 6.41. The number of nitrogens with zero attached hydrogens (tertiary/aromatic N) is 2. The third kappa shape index (κ3) is 4.56. The predicted molar refractivity (Wildman–Crippen MR) is 73.5 cm³/mol. The molecule has 0 aliphatic heterocycles. The molecule has 0 saturated carbocycles. The largest absolute Gasteiger partial charge is 0.482 e. The van der Waals surface area contributed by atoms with Gasteiger partial charge in [0.25, 0.3) is 0 Å². The Hall–Kier alpha value is -1.89. The van der Waals surface area contributed by atoms with Gasteiger partial charge in [-0.15, -0.1) is 0 Å². The van der Waals surface area contributed by atoms with Gasteiger partial charge in [0.05, 0.1) is 24.3 Å². The summed E-state index contributed by atoms with van der Waals surface area (Å²) in [7, 11) is 1.83. The highest BCUT2D eigenvalue weighted by Crippen LogP contribution is 2.30. The number of halogens is 4. The van der Waals surface area contributed by atoms with E-state index >= 15 is 0 Å². The number of nitrogens with one attached hydrogen (secondary N) is 1. The van der Waals surface area contributed by atoms with Crippen LogP contribution in [0.15, 0.2) is 30.7 Å². The van der Waals surface area contributed by atoms with Crippen molar-refractivity contribution < 1.29 is 17.9 Å². The zero-order valence-corrected chi connectivity index (χ0v) is 11.9. The fourth-order valence-electron chi connectivity index (χ4n) is 1.66. The summed E-state index contributed by atoms with van der Waals surface area (Å²) in [5.74, 6) is 0.0574. The van der Waals surface area contributed by atoms with Crippen LogP contribution in [-0.4, -0.2) is 22.3 Å². The fourth-order valence-corrected chi connectivity index (χ4v) is 1.82. The lowest BCUT2D eigenvalue weighted by atomic mass is 10.3. The summed E-state index contributed by atoms with van der Waals surface area (Å²) in [5, 5.41) is 3.31. The lowest BCUT2D eigenvalue weighted by molar-refractivity contribution is -0.153. The van der Waals surface area contributed by atoms with Crippen LogP contribution < -0.4 is 10.1 Å². The van der Waals surface area contributed by atoms with E-state index in [2.05, 4.69) is 10.3 Å². The molecule has 1 N–H and O–H groups in total. The molecule has 1 heterocycles. The van der Waals surface area contributed by atoms with E-state index in [1.54, 1.807) is 29.2 Å². The fraction of sp³-hybridized carbons (Fsp3) is 0.308. The molecule has 1 aromatic carbocycles. The molecule has 1 aromatic heterocycles. The topological polar surface area (TPSA) is 39.1 Å². The van der Waals surface area contributed by atoms with Gasteiger partial charge in [-0.25, -0.2) is 4.98 Å². The van der Waals surface area contributed by atoms with Crippen molar-refractivity contribution in [2.24, 2.45) is 7.05 Å². The van der Waals surface area contributed by atoms with Crippen LogP contribution in [0.25, 0.3) is 0 Å². The Labute approximate surface area is 124 Å². The first kappa shape index (κ1) is 15.5. The van der Waals surface area contributed by atoms with E-state index < -0.39 is 12.8 Å². The van der Waals surface area contributed by atoms with Gasteiger partial charge >= 0.3 is 6.18 Å². The quantitative estimate of drug-likeness (QED) is 0.914. The van der Waals surface area contributed by atoms with E-state index in [1.165, 1.54) is 6.07 Å². The summed E-state index contributed by atoms with van der Waals surface area (Å²) < 4.78 is 43.3. The minimum absolute atomic E-state index is 0.0574. The van der Waals surface area contributed by atoms with Gasteiger partial charge in [0, 0.05) is 24.3 Å². The highest BCUT2D eigenvalue weighted by Gasteiger charge is 2.28. The van der Waals surface area contributed by atoms with E-state index in [0.29, 0.717) is 17.3 Å². The molecule has 0 spiro atoms. The number of aromatic nitrogens is 2. The first-order valence-electron chi connectivity index (χ1n) is 6.03. The van der Waals surface area contributed by atoms with E-state index in [1.807, 2.05) is 7.05 Å². The van der Waals surface area contributed by atoms with Crippen LogP contribution in [0.5, 0.6) is 5.75 Å². The lowest BCUT2D eigenvalue weighted by Crippen LogP contribution is -2.19. The van der Waals surface area contributed by atoms with E-state index in [0.717, 1.165) is 5.69 Å². The van der Waals surface area contributed by atoms with Gasteiger partial charge < -0.3 is 14.6 Å². The van der Waals surface area contributed by atoms with Crippen molar-refractivity contribution in [1.29, 1.82) is 0 Å². The van der Waals surface area contributed by atoms with Crippen molar-refractivity contribution in [1.82, 2.24) is 9.55 Å². The Bertz CT molecular complexity index is 613. The summed E-state index contributed by atoms with van der Waals surface area (Å²) >= 11 is 5.79. The molecule has 0 radical (unpaired) electrons. The Morgan fingerprint density at radius 3 is 2.76 bits per heavy atom. The number of alkyl halides is 3. The highest BCUT2D eigenvalue weighted by atomic mass is 35.5. The second-order valence-corrected chi connectivity index (χ2v) is 4.83. The molecule has 21 heavy (non-hydrogen) atoms. The smallest absolute Gasteiger partial charge is 0.422 e. The predicted octanol–water partition coefficient (Wildman–Crippen LogP) is 3.63. The average molecular weight is 320 g/mol. The standard InChI is InChI=1S/C13H13ClF3N3O/c1-20-8-18-5-10(20)6-19-11-3-2-9(14)4-12(11)21-7-13(15,16)17/h2-5,8,19H,6-7H2,1H3. The number of anilines is 1. The van der Waals surface area contributed by atoms with Crippen molar-refractivity contribution in [2.75, 3.05) is 11.9 Å². The van der Waals surface area contributed by atoms with Crippen molar-refractivity contribution in [2.45, 2.75) is 12.7 Å². The van der Waals surface area contributed by atoms with Crippen LogP contribution in [0.2, 0.25) is 5.02 Å². The van der Waals surface area contributed by atoms with Gasteiger partial charge in [-0.1, -0.05) is 11.6 Å². The average Bonchev–Trinajstić information content (AvgIpc) is 2.80. The van der Waals surface area contributed by atoms with Crippen LogP contribution in [0, 0.1) is 0 Å². The second-order valence-electron chi connectivity index (χ2n) is 4.39. The minimum atomic E-state index is -4.40. The number of ether oxygens (including phenoxy) is 1. The van der Waals surface area contributed by atoms with E-state index in [9.17, 15) is 13.2 Å². The zero-order valence-electron chi connectivity index (χ0n) is 11.1. The highest BCUT2D eigenvalue weighted by molar-refractivity contribution is 6.30. The van der Waals surface area contributed by atoms with Gasteiger partial charge in [0.2, 0.25) is 0 Å². The third-order valence-corrected chi connectivity index (χ3v) is 2.95. The molecule has 8 heteroatoms. The maximum Gasteiger partial charge on any atom is 0.422 e. The number of imidazole rings is 1. The van der Waals surface area contributed by atoms with Crippen molar-refractivity contribution in [3.8, 4) is 5.75 Å². The summed E-state index contributed by atoms with van der Waals surface area (Å²) in [6.45, 7) is -0.964. The molecule has 114 valence electrons. The summed E-state index contributed by atoms with van der Waals surface area (Å²) in [6.07, 6.45) is -1.10. The minimum Gasteiger partial charge on any atom is -0.482 e. The van der Waals surface area contributed by atoms with Crippen molar-refractivity contribution in [3.63, 3.8) is 0 Å². The maximum absolute atomic E-state index is 12.2. The van der Waals surface area contributed by atoms with E-state index in [4.69, 9.17) is 16.3 Å². The maximum atomic E-state index is 12.2. The van der Waals surface area contributed by atoms with Crippen LogP contribution >= 0.6 is 11.6 Å². The summed E-state index contributed by atoms with van der Waals surface area (Å²) in [6, 6.07) is 4.50. The molecule has 0 bridgehead atoms. The molecule has 0 unspecified atom stereocenters. The number of rotatable bonds is 5. The molecular weight excluding hydrogens is 307 g/mol. The summed E-state index contributed by atoms with van der Waals surface area (Å²) in [5.41, 5.74) is 1.32. The zero-order chi connectivity index (χ0) is 15.5. The Morgan fingerprint density at radius 1 is 1.38 bits per heavy atom. The number of hydrogen-bond acceptors (Lipinski definition) is 3. The lowest BCUT2D eigenvalue weighted by Gasteiger charge is -2.15. The van der Waals surface area contributed by atoms with Crippen LogP contribution in [0.3, 0.4) is 0 Å². The van der Waals surface area contributed by atoms with Crippen LogP contribution in [0.1, 0.15) is 5.69 Å².